The molecule has 0 saturated heterocycles. The lowest BCUT2D eigenvalue weighted by Gasteiger charge is -2.18. The lowest BCUT2D eigenvalue weighted by Crippen LogP contribution is -2.36. The standard InChI is InChI=1S/C19H21N3O3S/c1-3-22(19(25)11-10-17-5-4-12-26-17)13-18(24)21-16-8-6-15(7-9-16)20-14(2)23/h4-12H,3,13H2,1-2H3,(H,20,23)(H,21,24)/b11-10+. The number of nitrogens with one attached hydrogen (secondary N) is 2. The number of benzene rings is 1. The van der Waals surface area contributed by atoms with E-state index >= 15 is 0 Å². The fourth-order valence-corrected chi connectivity index (χ4v) is 2.82. The largest absolute Gasteiger partial charge is 0.330 e. The Morgan fingerprint density at radius 2 is 1.73 bits per heavy atom. The maximum atomic E-state index is 12.2. The normalized spacial score (nSPS) is 10.5. The zero-order valence-electron chi connectivity index (χ0n) is 14.7. The van der Waals surface area contributed by atoms with Gasteiger partial charge in [0.05, 0.1) is 0 Å². The molecular formula is C19H21N3O3S. The van der Waals surface area contributed by atoms with Gasteiger partial charge in [-0.05, 0) is 48.7 Å². The van der Waals surface area contributed by atoms with Crippen molar-refractivity contribution in [2.45, 2.75) is 13.8 Å². The third-order valence-corrected chi connectivity index (χ3v) is 4.29. The molecule has 1 aromatic carbocycles. The van der Waals surface area contributed by atoms with E-state index in [2.05, 4.69) is 10.6 Å². The summed E-state index contributed by atoms with van der Waals surface area (Å²) in [5.41, 5.74) is 1.25. The molecule has 0 fully saturated rings. The van der Waals surface area contributed by atoms with Crippen molar-refractivity contribution >= 4 is 46.5 Å². The molecule has 0 saturated carbocycles. The van der Waals surface area contributed by atoms with Gasteiger partial charge >= 0.3 is 0 Å². The van der Waals surface area contributed by atoms with Gasteiger partial charge < -0.3 is 15.5 Å². The van der Waals surface area contributed by atoms with E-state index in [0.717, 1.165) is 4.88 Å². The highest BCUT2D eigenvalue weighted by molar-refractivity contribution is 7.10. The average Bonchev–Trinajstić information content (AvgIpc) is 3.12. The summed E-state index contributed by atoms with van der Waals surface area (Å²) in [4.78, 5) is 37.9. The maximum Gasteiger partial charge on any atom is 0.247 e. The second-order valence-corrected chi connectivity index (χ2v) is 6.49. The minimum Gasteiger partial charge on any atom is -0.330 e. The highest BCUT2D eigenvalue weighted by atomic mass is 32.1. The van der Waals surface area contributed by atoms with Crippen LogP contribution in [0.5, 0.6) is 0 Å². The Balaban J connectivity index is 1.89. The van der Waals surface area contributed by atoms with Crippen molar-refractivity contribution in [2.75, 3.05) is 23.7 Å². The topological polar surface area (TPSA) is 78.5 Å². The number of hydrogen-bond donors (Lipinski definition) is 2. The number of amides is 3. The van der Waals surface area contributed by atoms with E-state index in [4.69, 9.17) is 0 Å². The van der Waals surface area contributed by atoms with E-state index in [1.165, 1.54) is 17.9 Å². The molecule has 0 aliphatic carbocycles. The first kappa shape index (κ1) is 19.4. The van der Waals surface area contributed by atoms with Crippen LogP contribution in [0.3, 0.4) is 0 Å². The van der Waals surface area contributed by atoms with Gasteiger partial charge in [0.1, 0.15) is 6.54 Å². The third kappa shape index (κ3) is 6.18. The SMILES string of the molecule is CCN(CC(=O)Nc1ccc(NC(C)=O)cc1)C(=O)/C=C/c1cccs1. The summed E-state index contributed by atoms with van der Waals surface area (Å²) in [7, 11) is 0. The molecule has 6 nitrogen and oxygen atoms in total. The van der Waals surface area contributed by atoms with Gasteiger partial charge in [0.25, 0.3) is 0 Å². The number of anilines is 2. The Morgan fingerprint density at radius 1 is 1.08 bits per heavy atom. The van der Waals surface area contributed by atoms with Crippen LogP contribution < -0.4 is 10.6 Å². The van der Waals surface area contributed by atoms with Gasteiger partial charge in [0, 0.05) is 35.8 Å². The van der Waals surface area contributed by atoms with Crippen LogP contribution in [0.2, 0.25) is 0 Å². The molecule has 0 bridgehead atoms. The van der Waals surface area contributed by atoms with Crippen LogP contribution in [0.25, 0.3) is 6.08 Å². The van der Waals surface area contributed by atoms with Gasteiger partial charge in [-0.2, -0.15) is 0 Å². The molecular weight excluding hydrogens is 350 g/mol. The fourth-order valence-electron chi connectivity index (χ4n) is 2.20. The Kier molecular flexibility index (Phi) is 7.11. The quantitative estimate of drug-likeness (QED) is 0.734. The first-order chi connectivity index (χ1) is 12.5. The second kappa shape index (κ2) is 9.53. The molecule has 0 spiro atoms. The first-order valence-corrected chi connectivity index (χ1v) is 9.04. The molecule has 7 heteroatoms. The Labute approximate surface area is 156 Å². The van der Waals surface area contributed by atoms with E-state index in [1.807, 2.05) is 24.4 Å². The minimum atomic E-state index is -0.281. The highest BCUT2D eigenvalue weighted by Crippen LogP contribution is 2.14. The third-order valence-electron chi connectivity index (χ3n) is 3.45. The summed E-state index contributed by atoms with van der Waals surface area (Å²) in [5.74, 6) is -0.649. The molecule has 1 heterocycles. The van der Waals surface area contributed by atoms with Gasteiger partial charge in [-0.1, -0.05) is 6.07 Å². The number of nitrogens with zero attached hydrogens (tertiary/aromatic N) is 1. The number of likely N-dealkylation sites (N-methyl/N-ethyl adjacent to an activating group) is 1. The molecule has 26 heavy (non-hydrogen) atoms. The van der Waals surface area contributed by atoms with Crippen LogP contribution in [0.4, 0.5) is 11.4 Å². The van der Waals surface area contributed by atoms with Crippen LogP contribution in [0.1, 0.15) is 18.7 Å². The predicted octanol–water partition coefficient (Wildman–Crippen LogP) is 3.21. The molecule has 0 aliphatic rings. The Morgan fingerprint density at radius 3 is 2.27 bits per heavy atom. The minimum absolute atomic E-state index is 0.0302. The lowest BCUT2D eigenvalue weighted by molar-refractivity contribution is -0.130. The molecule has 2 aromatic rings. The Hall–Kier alpha value is -2.93. The molecule has 1 aromatic heterocycles. The van der Waals surface area contributed by atoms with E-state index in [1.54, 1.807) is 41.7 Å². The molecule has 136 valence electrons. The number of carbonyl (C=O) groups is 3. The highest BCUT2D eigenvalue weighted by Gasteiger charge is 2.13. The summed E-state index contributed by atoms with van der Waals surface area (Å²) in [5, 5.41) is 7.34. The maximum absolute atomic E-state index is 12.2. The summed E-state index contributed by atoms with van der Waals surface area (Å²) in [6.45, 7) is 3.66. The van der Waals surface area contributed by atoms with Crippen LogP contribution in [0.15, 0.2) is 47.9 Å². The molecule has 3 amide bonds. The Bertz CT molecular complexity index is 783. The predicted molar refractivity (Wildman–Crippen MR) is 105 cm³/mol. The summed E-state index contributed by atoms with van der Waals surface area (Å²) >= 11 is 1.54. The number of hydrogen-bond acceptors (Lipinski definition) is 4. The van der Waals surface area contributed by atoms with E-state index in [9.17, 15) is 14.4 Å². The van der Waals surface area contributed by atoms with Crippen molar-refractivity contribution in [1.82, 2.24) is 4.90 Å². The van der Waals surface area contributed by atoms with Crippen molar-refractivity contribution in [3.63, 3.8) is 0 Å². The molecule has 2 rings (SSSR count). The van der Waals surface area contributed by atoms with Crippen molar-refractivity contribution in [3.8, 4) is 0 Å². The number of carbonyl (C=O) groups excluding carboxylic acids is 3. The van der Waals surface area contributed by atoms with E-state index in [0.29, 0.717) is 17.9 Å². The molecule has 0 radical (unpaired) electrons. The van der Waals surface area contributed by atoms with E-state index in [-0.39, 0.29) is 24.3 Å². The zero-order valence-corrected chi connectivity index (χ0v) is 15.5. The molecule has 0 atom stereocenters. The van der Waals surface area contributed by atoms with Crippen LogP contribution >= 0.6 is 11.3 Å². The van der Waals surface area contributed by atoms with Gasteiger partial charge in [-0.3, -0.25) is 14.4 Å². The van der Waals surface area contributed by atoms with Gasteiger partial charge in [-0.25, -0.2) is 0 Å². The molecule has 2 N–H and O–H groups in total. The lowest BCUT2D eigenvalue weighted by atomic mass is 10.2. The van der Waals surface area contributed by atoms with Gasteiger partial charge in [0.15, 0.2) is 0 Å². The summed E-state index contributed by atoms with van der Waals surface area (Å²) in [6, 6.07) is 10.6. The van der Waals surface area contributed by atoms with E-state index < -0.39 is 0 Å². The number of rotatable bonds is 7. The van der Waals surface area contributed by atoms with Crippen molar-refractivity contribution in [3.05, 3.63) is 52.7 Å². The van der Waals surface area contributed by atoms with Crippen molar-refractivity contribution in [1.29, 1.82) is 0 Å². The number of thiophene rings is 1. The summed E-state index contributed by atoms with van der Waals surface area (Å²) < 4.78 is 0. The molecule has 0 aliphatic heterocycles. The van der Waals surface area contributed by atoms with Gasteiger partial charge in [-0.15, -0.1) is 11.3 Å². The molecule has 0 unspecified atom stereocenters. The zero-order chi connectivity index (χ0) is 18.9. The van der Waals surface area contributed by atoms with Crippen molar-refractivity contribution < 1.29 is 14.4 Å². The van der Waals surface area contributed by atoms with Crippen molar-refractivity contribution in [2.24, 2.45) is 0 Å². The second-order valence-electron chi connectivity index (χ2n) is 5.51. The average molecular weight is 371 g/mol. The monoisotopic (exact) mass is 371 g/mol. The smallest absolute Gasteiger partial charge is 0.247 e. The van der Waals surface area contributed by atoms with Crippen LogP contribution in [0, 0.1) is 0 Å². The van der Waals surface area contributed by atoms with Crippen LogP contribution in [-0.4, -0.2) is 35.7 Å². The van der Waals surface area contributed by atoms with Crippen LogP contribution in [-0.2, 0) is 14.4 Å². The first-order valence-electron chi connectivity index (χ1n) is 8.16. The van der Waals surface area contributed by atoms with Gasteiger partial charge in [0.2, 0.25) is 17.7 Å². The fraction of sp³-hybridized carbons (Fsp3) is 0.211. The summed E-state index contributed by atoms with van der Waals surface area (Å²) in [6.07, 6.45) is 3.22.